The number of cyclic esters (lactones) is 1. The van der Waals surface area contributed by atoms with Gasteiger partial charge in [0, 0.05) is 10.6 Å². The number of aryl methyl sites for hydroxylation is 1. The molecule has 2 aromatic carbocycles. The third kappa shape index (κ3) is 3.31. The number of carbonyl (C=O) groups is 1. The predicted octanol–water partition coefficient (Wildman–Crippen LogP) is 5.60. The van der Waals surface area contributed by atoms with Crippen LogP contribution in [0.1, 0.15) is 25.0 Å². The third-order valence-electron chi connectivity index (χ3n) is 4.20. The number of rotatable bonds is 4. The molecule has 0 saturated heterocycles. The zero-order valence-electron chi connectivity index (χ0n) is 14.6. The van der Waals surface area contributed by atoms with Crippen molar-refractivity contribution in [3.63, 3.8) is 0 Å². The van der Waals surface area contributed by atoms with Gasteiger partial charge in [0.2, 0.25) is 0 Å². The van der Waals surface area contributed by atoms with E-state index in [1.807, 2.05) is 69.9 Å². The maximum atomic E-state index is 12.5. The maximum absolute atomic E-state index is 12.5. The molecule has 3 rings (SSSR count). The van der Waals surface area contributed by atoms with E-state index in [4.69, 9.17) is 20.9 Å². The molecule has 130 valence electrons. The Bertz CT molecular complexity index is 857. The van der Waals surface area contributed by atoms with Crippen LogP contribution < -0.4 is 0 Å². The summed E-state index contributed by atoms with van der Waals surface area (Å²) in [6.07, 6.45) is 0. The average Bonchev–Trinajstić information content (AvgIpc) is 2.79. The molecule has 1 atom stereocenters. The van der Waals surface area contributed by atoms with Crippen LogP contribution in [0.15, 0.2) is 48.2 Å². The summed E-state index contributed by atoms with van der Waals surface area (Å²) in [6, 6.07) is 13.8. The fourth-order valence-corrected chi connectivity index (χ4v) is 3.85. The lowest BCUT2D eigenvalue weighted by Gasteiger charge is -2.20. The Morgan fingerprint density at radius 2 is 1.80 bits per heavy atom. The van der Waals surface area contributed by atoms with Crippen molar-refractivity contribution in [2.75, 3.05) is 6.66 Å². The first kappa shape index (κ1) is 18.0. The lowest BCUT2D eigenvalue weighted by atomic mass is 9.93. The van der Waals surface area contributed by atoms with Gasteiger partial charge in [0.25, 0.3) is 0 Å². The highest BCUT2D eigenvalue weighted by atomic mass is 35.5. The van der Waals surface area contributed by atoms with Gasteiger partial charge >= 0.3 is 5.97 Å². The lowest BCUT2D eigenvalue weighted by molar-refractivity contribution is -0.143. The first-order valence-corrected chi connectivity index (χ1v) is 9.81. The van der Waals surface area contributed by atoms with Crippen molar-refractivity contribution >= 4 is 32.0 Å². The van der Waals surface area contributed by atoms with E-state index in [2.05, 4.69) is 0 Å². The molecule has 3 nitrogen and oxygen atoms in total. The van der Waals surface area contributed by atoms with Crippen LogP contribution in [0.3, 0.4) is 0 Å². The number of benzene rings is 2. The Morgan fingerprint density at radius 3 is 2.44 bits per heavy atom. The molecule has 0 aliphatic carbocycles. The zero-order chi connectivity index (χ0) is 18.2. The highest BCUT2D eigenvalue weighted by Crippen LogP contribution is 2.43. The van der Waals surface area contributed by atoms with E-state index < -0.39 is 5.60 Å². The van der Waals surface area contributed by atoms with Crippen LogP contribution in [0.4, 0.5) is 0 Å². The van der Waals surface area contributed by atoms with E-state index in [1.54, 1.807) is 0 Å². The van der Waals surface area contributed by atoms with Gasteiger partial charge in [-0.1, -0.05) is 41.9 Å². The van der Waals surface area contributed by atoms with Crippen LogP contribution in [-0.4, -0.2) is 18.2 Å². The molecule has 5 heteroatoms. The third-order valence-corrected chi connectivity index (χ3v) is 4.92. The van der Waals surface area contributed by atoms with Gasteiger partial charge in [0.1, 0.15) is 5.57 Å². The SMILES string of the molecule is CPOC1=C(c2cc(Cl)c(-c3ccccc3)cc2C)C(=O)OC1(C)C. The van der Waals surface area contributed by atoms with Crippen molar-refractivity contribution in [2.45, 2.75) is 26.4 Å². The van der Waals surface area contributed by atoms with Crippen molar-refractivity contribution in [3.05, 3.63) is 64.4 Å². The van der Waals surface area contributed by atoms with E-state index in [0.29, 0.717) is 16.4 Å². The Balaban J connectivity index is 2.17. The summed E-state index contributed by atoms with van der Waals surface area (Å²) >= 11 is 6.54. The molecular weight excluding hydrogens is 355 g/mol. The number of hydrogen-bond acceptors (Lipinski definition) is 3. The van der Waals surface area contributed by atoms with Crippen molar-refractivity contribution in [1.29, 1.82) is 0 Å². The minimum absolute atomic E-state index is 0.225. The second kappa shape index (κ2) is 6.82. The number of halogens is 1. The van der Waals surface area contributed by atoms with E-state index in [1.165, 1.54) is 0 Å². The fraction of sp³-hybridized carbons (Fsp3) is 0.250. The van der Waals surface area contributed by atoms with Crippen LogP contribution in [0, 0.1) is 6.92 Å². The molecule has 0 amide bonds. The first-order valence-electron chi connectivity index (χ1n) is 8.02. The van der Waals surface area contributed by atoms with Crippen LogP contribution in [0.5, 0.6) is 0 Å². The van der Waals surface area contributed by atoms with Gasteiger partial charge < -0.3 is 9.26 Å². The Morgan fingerprint density at radius 1 is 1.12 bits per heavy atom. The lowest BCUT2D eigenvalue weighted by Crippen LogP contribution is -2.23. The average molecular weight is 375 g/mol. The standard InChI is InChI=1S/C20H20ClO3P/c1-12-10-15(13-8-6-5-7-9-13)16(21)11-14(12)17-18(24-25-4)20(2,3)23-19(17)22/h5-11,25H,1-4H3. The molecule has 0 fully saturated rings. The Hall–Kier alpha value is -1.83. The van der Waals surface area contributed by atoms with Gasteiger partial charge in [-0.2, -0.15) is 0 Å². The minimum Gasteiger partial charge on any atom is -0.477 e. The van der Waals surface area contributed by atoms with Gasteiger partial charge in [-0.15, -0.1) is 0 Å². The molecule has 0 spiro atoms. The Kier molecular flexibility index (Phi) is 4.90. The van der Waals surface area contributed by atoms with Gasteiger partial charge in [-0.25, -0.2) is 4.79 Å². The van der Waals surface area contributed by atoms with Crippen LogP contribution in [0.25, 0.3) is 16.7 Å². The minimum atomic E-state index is -0.771. The molecule has 2 aromatic rings. The molecular formula is C20H20ClO3P. The van der Waals surface area contributed by atoms with Crippen molar-refractivity contribution < 1.29 is 14.1 Å². The van der Waals surface area contributed by atoms with Crippen molar-refractivity contribution in [2.24, 2.45) is 0 Å². The van der Waals surface area contributed by atoms with Gasteiger partial charge in [0.15, 0.2) is 11.4 Å². The molecule has 0 radical (unpaired) electrons. The summed E-state index contributed by atoms with van der Waals surface area (Å²) in [7, 11) is 0.225. The number of hydrogen-bond donors (Lipinski definition) is 0. The van der Waals surface area contributed by atoms with Gasteiger partial charge in [-0.3, -0.25) is 0 Å². The predicted molar refractivity (Wildman–Crippen MR) is 104 cm³/mol. The topological polar surface area (TPSA) is 35.5 Å². The van der Waals surface area contributed by atoms with E-state index in [9.17, 15) is 4.79 Å². The summed E-state index contributed by atoms with van der Waals surface area (Å²) < 4.78 is 11.3. The quantitative estimate of drug-likeness (QED) is 0.516. The highest BCUT2D eigenvalue weighted by molar-refractivity contribution is 7.31. The van der Waals surface area contributed by atoms with Crippen LogP contribution in [0.2, 0.25) is 5.02 Å². The van der Waals surface area contributed by atoms with Gasteiger partial charge in [-0.05, 0) is 56.3 Å². The Labute approximate surface area is 154 Å². The molecule has 1 aliphatic rings. The first-order chi connectivity index (χ1) is 11.8. The molecule has 25 heavy (non-hydrogen) atoms. The van der Waals surface area contributed by atoms with Crippen molar-refractivity contribution in [3.8, 4) is 11.1 Å². The smallest absolute Gasteiger partial charge is 0.343 e. The molecule has 1 unspecified atom stereocenters. The number of ether oxygens (including phenoxy) is 1. The normalized spacial score (nSPS) is 16.6. The second-order valence-electron chi connectivity index (χ2n) is 6.42. The monoisotopic (exact) mass is 374 g/mol. The van der Waals surface area contributed by atoms with E-state index in [-0.39, 0.29) is 14.8 Å². The summed E-state index contributed by atoms with van der Waals surface area (Å²) in [4.78, 5) is 12.5. The van der Waals surface area contributed by atoms with Crippen LogP contribution in [-0.2, 0) is 14.1 Å². The number of carbonyl (C=O) groups excluding carboxylic acids is 1. The summed E-state index contributed by atoms with van der Waals surface area (Å²) in [5, 5.41) is 0.593. The fourth-order valence-electron chi connectivity index (χ4n) is 3.02. The molecule has 0 saturated carbocycles. The molecule has 0 bridgehead atoms. The van der Waals surface area contributed by atoms with Gasteiger partial charge in [0.05, 0.1) is 8.81 Å². The highest BCUT2D eigenvalue weighted by Gasteiger charge is 2.43. The molecule has 1 aliphatic heterocycles. The largest absolute Gasteiger partial charge is 0.477 e. The summed E-state index contributed by atoms with van der Waals surface area (Å²) in [5.41, 5.74) is 3.39. The maximum Gasteiger partial charge on any atom is 0.343 e. The molecule has 0 aromatic heterocycles. The second-order valence-corrected chi connectivity index (χ2v) is 7.44. The van der Waals surface area contributed by atoms with E-state index in [0.717, 1.165) is 22.3 Å². The molecule has 1 heterocycles. The van der Waals surface area contributed by atoms with E-state index >= 15 is 0 Å². The molecule has 0 N–H and O–H groups in total. The number of esters is 1. The van der Waals surface area contributed by atoms with Crippen LogP contribution >= 0.6 is 20.4 Å². The zero-order valence-corrected chi connectivity index (χ0v) is 16.4. The summed E-state index contributed by atoms with van der Waals surface area (Å²) in [5.74, 6) is 0.204. The van der Waals surface area contributed by atoms with Crippen molar-refractivity contribution in [1.82, 2.24) is 0 Å². The summed E-state index contributed by atoms with van der Waals surface area (Å²) in [6.45, 7) is 7.56.